The van der Waals surface area contributed by atoms with Crippen LogP contribution in [-0.2, 0) is 20.7 Å². The lowest BCUT2D eigenvalue weighted by Gasteiger charge is -2.17. The highest BCUT2D eigenvalue weighted by molar-refractivity contribution is 9.10. The zero-order valence-electron chi connectivity index (χ0n) is 12.1. The minimum absolute atomic E-state index is 0.175. The number of hydrogen-bond donors (Lipinski definition) is 1. The zero-order chi connectivity index (χ0) is 15.2. The van der Waals surface area contributed by atoms with Crippen molar-refractivity contribution in [3.63, 3.8) is 0 Å². The number of ether oxygens (including phenoxy) is 1. The third-order valence-electron chi connectivity index (χ3n) is 3.64. The number of amides is 1. The van der Waals surface area contributed by atoms with Crippen molar-refractivity contribution in [1.29, 1.82) is 0 Å². The molecule has 114 valence electrons. The lowest BCUT2D eigenvalue weighted by molar-refractivity contribution is -0.154. The highest BCUT2D eigenvalue weighted by Crippen LogP contribution is 2.18. The van der Waals surface area contributed by atoms with E-state index in [0.29, 0.717) is 0 Å². The van der Waals surface area contributed by atoms with E-state index in [9.17, 15) is 9.59 Å². The maximum atomic E-state index is 11.9. The van der Waals surface area contributed by atoms with Crippen LogP contribution >= 0.6 is 15.9 Å². The van der Waals surface area contributed by atoms with Crippen LogP contribution in [0.5, 0.6) is 0 Å². The summed E-state index contributed by atoms with van der Waals surface area (Å²) in [7, 11) is 0. The molecule has 0 saturated heterocycles. The molecule has 0 bridgehead atoms. The number of rotatable bonds is 5. The fourth-order valence-electron chi connectivity index (χ4n) is 2.45. The molecule has 0 heterocycles. The van der Waals surface area contributed by atoms with Gasteiger partial charge in [0.05, 0.1) is 6.42 Å². The molecule has 1 aromatic rings. The molecule has 0 unspecified atom stereocenters. The predicted octanol–water partition coefficient (Wildman–Crippen LogP) is 2.98. The molecule has 5 heteroatoms. The van der Waals surface area contributed by atoms with Crippen molar-refractivity contribution in [3.05, 3.63) is 34.3 Å². The van der Waals surface area contributed by atoms with Gasteiger partial charge in [-0.05, 0) is 37.5 Å². The Morgan fingerprint density at radius 2 is 1.90 bits per heavy atom. The quantitative estimate of drug-likeness (QED) is 0.827. The number of esters is 1. The summed E-state index contributed by atoms with van der Waals surface area (Å²) >= 11 is 3.34. The molecule has 4 nitrogen and oxygen atoms in total. The molecule has 0 aromatic heterocycles. The molecular formula is C16H20BrNO3. The standard InChI is InChI=1S/C16H20BrNO3/c1-11(16(20)18-14-4-2-3-5-14)21-15(19)10-12-6-8-13(17)9-7-12/h6-9,11,14H,2-5,10H2,1H3,(H,18,20)/t11-/m0/s1. The monoisotopic (exact) mass is 353 g/mol. The minimum Gasteiger partial charge on any atom is -0.452 e. The maximum absolute atomic E-state index is 11.9. The van der Waals surface area contributed by atoms with E-state index in [1.165, 1.54) is 0 Å². The molecular weight excluding hydrogens is 334 g/mol. The van der Waals surface area contributed by atoms with Crippen LogP contribution < -0.4 is 5.32 Å². The van der Waals surface area contributed by atoms with E-state index < -0.39 is 6.10 Å². The van der Waals surface area contributed by atoms with Crippen LogP contribution in [0.25, 0.3) is 0 Å². The van der Waals surface area contributed by atoms with Crippen molar-refractivity contribution in [3.8, 4) is 0 Å². The van der Waals surface area contributed by atoms with E-state index in [-0.39, 0.29) is 24.3 Å². The number of benzene rings is 1. The topological polar surface area (TPSA) is 55.4 Å². The van der Waals surface area contributed by atoms with Crippen molar-refractivity contribution >= 4 is 27.8 Å². The molecule has 21 heavy (non-hydrogen) atoms. The Labute approximate surface area is 133 Å². The molecule has 1 amide bonds. The van der Waals surface area contributed by atoms with Crippen LogP contribution in [0, 0.1) is 0 Å². The normalized spacial score (nSPS) is 16.5. The average molecular weight is 354 g/mol. The van der Waals surface area contributed by atoms with Crippen molar-refractivity contribution in [2.24, 2.45) is 0 Å². The summed E-state index contributed by atoms with van der Waals surface area (Å²) in [6, 6.07) is 7.70. The van der Waals surface area contributed by atoms with Crippen LogP contribution in [0.2, 0.25) is 0 Å². The van der Waals surface area contributed by atoms with Crippen molar-refractivity contribution in [1.82, 2.24) is 5.32 Å². The van der Waals surface area contributed by atoms with Crippen LogP contribution in [-0.4, -0.2) is 24.0 Å². The van der Waals surface area contributed by atoms with Crippen LogP contribution in [0.3, 0.4) is 0 Å². The second-order valence-corrected chi connectivity index (χ2v) is 6.34. The van der Waals surface area contributed by atoms with Gasteiger partial charge in [0.2, 0.25) is 0 Å². The number of nitrogens with one attached hydrogen (secondary N) is 1. The summed E-state index contributed by atoms with van der Waals surface area (Å²) in [4.78, 5) is 23.8. The van der Waals surface area contributed by atoms with Gasteiger partial charge in [-0.15, -0.1) is 0 Å². The fourth-order valence-corrected chi connectivity index (χ4v) is 2.71. The lowest BCUT2D eigenvalue weighted by Crippen LogP contribution is -2.41. The van der Waals surface area contributed by atoms with Gasteiger partial charge in [0, 0.05) is 10.5 Å². The molecule has 1 aliphatic rings. The van der Waals surface area contributed by atoms with E-state index in [4.69, 9.17) is 4.74 Å². The zero-order valence-corrected chi connectivity index (χ0v) is 13.7. The van der Waals surface area contributed by atoms with E-state index in [1.807, 2.05) is 24.3 Å². The number of carbonyl (C=O) groups excluding carboxylic acids is 2. The Morgan fingerprint density at radius 3 is 2.52 bits per heavy atom. The summed E-state index contributed by atoms with van der Waals surface area (Å²) in [5.74, 6) is -0.586. The molecule has 1 fully saturated rings. The minimum atomic E-state index is -0.742. The Kier molecular flexibility index (Phi) is 5.79. The maximum Gasteiger partial charge on any atom is 0.311 e. The summed E-state index contributed by atoms with van der Waals surface area (Å²) in [6.07, 6.45) is 3.78. The van der Waals surface area contributed by atoms with Gasteiger partial charge in [0.25, 0.3) is 5.91 Å². The first-order valence-electron chi connectivity index (χ1n) is 7.29. The van der Waals surface area contributed by atoms with Gasteiger partial charge in [-0.2, -0.15) is 0 Å². The molecule has 0 spiro atoms. The first-order valence-corrected chi connectivity index (χ1v) is 8.08. The van der Waals surface area contributed by atoms with Gasteiger partial charge in [0.15, 0.2) is 6.10 Å². The molecule has 2 rings (SSSR count). The largest absolute Gasteiger partial charge is 0.452 e. The molecule has 1 saturated carbocycles. The first kappa shape index (κ1) is 16.0. The van der Waals surface area contributed by atoms with Gasteiger partial charge in [0.1, 0.15) is 0 Å². The van der Waals surface area contributed by atoms with Crippen molar-refractivity contribution in [2.45, 2.75) is 51.2 Å². The van der Waals surface area contributed by atoms with Crippen LogP contribution in [0.4, 0.5) is 0 Å². The number of carbonyl (C=O) groups is 2. The highest BCUT2D eigenvalue weighted by Gasteiger charge is 2.22. The predicted molar refractivity (Wildman–Crippen MR) is 83.8 cm³/mol. The summed E-state index contributed by atoms with van der Waals surface area (Å²) in [5, 5.41) is 2.93. The van der Waals surface area contributed by atoms with Crippen molar-refractivity contribution in [2.75, 3.05) is 0 Å². The Balaban J connectivity index is 1.78. The van der Waals surface area contributed by atoms with Gasteiger partial charge in [-0.25, -0.2) is 0 Å². The van der Waals surface area contributed by atoms with Gasteiger partial charge in [-0.3, -0.25) is 9.59 Å². The van der Waals surface area contributed by atoms with E-state index in [0.717, 1.165) is 35.7 Å². The molecule has 1 N–H and O–H groups in total. The smallest absolute Gasteiger partial charge is 0.311 e. The van der Waals surface area contributed by atoms with Crippen molar-refractivity contribution < 1.29 is 14.3 Å². The van der Waals surface area contributed by atoms with Gasteiger partial charge in [-0.1, -0.05) is 40.9 Å². The number of hydrogen-bond acceptors (Lipinski definition) is 3. The lowest BCUT2D eigenvalue weighted by atomic mass is 10.1. The van der Waals surface area contributed by atoms with E-state index in [2.05, 4.69) is 21.2 Å². The molecule has 0 aliphatic heterocycles. The Hall–Kier alpha value is -1.36. The molecule has 1 atom stereocenters. The Bertz CT molecular complexity index is 495. The first-order chi connectivity index (χ1) is 10.0. The third kappa shape index (κ3) is 5.16. The fraction of sp³-hybridized carbons (Fsp3) is 0.500. The highest BCUT2D eigenvalue weighted by atomic mass is 79.9. The SMILES string of the molecule is C[C@H](OC(=O)Cc1ccc(Br)cc1)C(=O)NC1CCCC1. The second-order valence-electron chi connectivity index (χ2n) is 5.43. The number of halogens is 1. The summed E-state index contributed by atoms with van der Waals surface area (Å²) < 4.78 is 6.16. The summed E-state index contributed by atoms with van der Waals surface area (Å²) in [6.45, 7) is 1.61. The second kappa shape index (κ2) is 7.59. The van der Waals surface area contributed by atoms with E-state index in [1.54, 1.807) is 6.92 Å². The van der Waals surface area contributed by atoms with Crippen LogP contribution in [0.15, 0.2) is 28.7 Å². The summed E-state index contributed by atoms with van der Waals surface area (Å²) in [5.41, 5.74) is 0.867. The Morgan fingerprint density at radius 1 is 1.29 bits per heavy atom. The van der Waals surface area contributed by atoms with E-state index >= 15 is 0 Å². The molecule has 1 aromatic carbocycles. The van der Waals surface area contributed by atoms with Crippen LogP contribution in [0.1, 0.15) is 38.2 Å². The third-order valence-corrected chi connectivity index (χ3v) is 4.17. The van der Waals surface area contributed by atoms with Gasteiger partial charge < -0.3 is 10.1 Å². The molecule has 0 radical (unpaired) electrons. The van der Waals surface area contributed by atoms with Gasteiger partial charge >= 0.3 is 5.97 Å². The molecule has 1 aliphatic carbocycles. The average Bonchev–Trinajstić information content (AvgIpc) is 2.94.